The number of carbonyl (C=O) groups excluding carboxylic acids is 1. The Morgan fingerprint density at radius 3 is 2.31 bits per heavy atom. The predicted octanol–water partition coefficient (Wildman–Crippen LogP) is 5.52. The molecule has 1 aromatic heterocycles. The van der Waals surface area contributed by atoms with E-state index in [4.69, 9.17) is 11.6 Å². The predicted molar refractivity (Wildman–Crippen MR) is 104 cm³/mol. The Kier molecular flexibility index (Phi) is 5.93. The molecule has 2 aromatic carbocycles. The summed E-state index contributed by atoms with van der Waals surface area (Å²) in [5.41, 5.74) is 2.28. The third kappa shape index (κ3) is 4.65. The van der Waals surface area contributed by atoms with E-state index in [-0.39, 0.29) is 16.6 Å². The number of anilines is 1. The summed E-state index contributed by atoms with van der Waals surface area (Å²) in [4.78, 5) is 20.4. The summed E-state index contributed by atoms with van der Waals surface area (Å²) in [5.74, 6) is -0.374. The first-order valence-corrected chi connectivity index (χ1v) is 9.21. The highest BCUT2D eigenvalue weighted by atomic mass is 35.5. The fourth-order valence-electron chi connectivity index (χ4n) is 2.02. The van der Waals surface area contributed by atoms with Crippen molar-refractivity contribution in [1.82, 2.24) is 9.97 Å². The van der Waals surface area contributed by atoms with E-state index in [0.717, 1.165) is 5.69 Å². The van der Waals surface area contributed by atoms with Crippen LogP contribution >= 0.6 is 23.4 Å². The Bertz CT molecular complexity index is 932. The largest absolute Gasteiger partial charge is 0.322 e. The van der Waals surface area contributed by atoms with Crippen molar-refractivity contribution in [3.63, 3.8) is 0 Å². The van der Waals surface area contributed by atoms with Gasteiger partial charge in [-0.3, -0.25) is 4.79 Å². The van der Waals surface area contributed by atoms with Crippen LogP contribution in [0.15, 0.2) is 76.2 Å². The number of azo groups is 1. The van der Waals surface area contributed by atoms with Gasteiger partial charge in [0.1, 0.15) is 5.15 Å². The summed E-state index contributed by atoms with van der Waals surface area (Å²) in [7, 11) is 0. The number of thioether (sulfide) groups is 1. The number of benzene rings is 2. The molecule has 3 rings (SSSR count). The summed E-state index contributed by atoms with van der Waals surface area (Å²) in [6.45, 7) is 0. The normalized spacial score (nSPS) is 10.8. The molecule has 1 heterocycles. The Labute approximate surface area is 159 Å². The molecule has 0 aliphatic carbocycles. The zero-order chi connectivity index (χ0) is 18.4. The lowest BCUT2D eigenvalue weighted by atomic mass is 10.2. The van der Waals surface area contributed by atoms with Crippen LogP contribution in [-0.4, -0.2) is 22.1 Å². The fourth-order valence-corrected chi connectivity index (χ4v) is 2.62. The molecular weight excluding hydrogens is 370 g/mol. The number of carbonyl (C=O) groups is 1. The second kappa shape index (κ2) is 8.55. The van der Waals surface area contributed by atoms with Crippen molar-refractivity contribution in [2.75, 3.05) is 11.6 Å². The fraction of sp³-hybridized carbons (Fsp3) is 0.0556. The third-order valence-corrected chi connectivity index (χ3v) is 4.16. The molecule has 0 saturated heterocycles. The van der Waals surface area contributed by atoms with Crippen molar-refractivity contribution in [1.29, 1.82) is 0 Å². The molecule has 3 aromatic rings. The van der Waals surface area contributed by atoms with Crippen molar-refractivity contribution < 1.29 is 4.79 Å². The number of hydrogen-bond donors (Lipinski definition) is 1. The van der Waals surface area contributed by atoms with Gasteiger partial charge in [0.2, 0.25) is 0 Å². The number of aromatic nitrogens is 2. The molecular formula is C18H14ClN5OS. The van der Waals surface area contributed by atoms with Gasteiger partial charge in [-0.25, -0.2) is 9.97 Å². The number of amides is 1. The van der Waals surface area contributed by atoms with Gasteiger partial charge in [0.05, 0.1) is 16.9 Å². The molecule has 130 valence electrons. The summed E-state index contributed by atoms with van der Waals surface area (Å²) in [5, 5.41) is 11.7. The van der Waals surface area contributed by atoms with Crippen LogP contribution in [0.2, 0.25) is 5.15 Å². The molecule has 26 heavy (non-hydrogen) atoms. The highest BCUT2D eigenvalue weighted by molar-refractivity contribution is 7.98. The Hall–Kier alpha value is -2.77. The smallest absolute Gasteiger partial charge is 0.260 e. The van der Waals surface area contributed by atoms with E-state index in [2.05, 4.69) is 25.5 Å². The zero-order valence-electron chi connectivity index (χ0n) is 13.8. The lowest BCUT2D eigenvalue weighted by Crippen LogP contribution is -2.13. The van der Waals surface area contributed by atoms with Crippen molar-refractivity contribution in [3.8, 4) is 0 Å². The Morgan fingerprint density at radius 2 is 1.69 bits per heavy atom. The van der Waals surface area contributed by atoms with E-state index in [9.17, 15) is 4.79 Å². The van der Waals surface area contributed by atoms with E-state index in [0.29, 0.717) is 16.5 Å². The first kappa shape index (κ1) is 18.0. The molecule has 0 unspecified atom stereocenters. The molecule has 0 bridgehead atoms. The molecule has 8 heteroatoms. The Morgan fingerprint density at radius 1 is 1.04 bits per heavy atom. The minimum atomic E-state index is -0.374. The maximum atomic E-state index is 12.3. The standard InChI is InChI=1S/C18H14ClN5OS/c1-26-18-20-11-15(16(19)22-18)17(25)21-12-7-9-14(10-8-12)24-23-13-5-3-2-4-6-13/h2-11H,1H3,(H,21,25). The van der Waals surface area contributed by atoms with Gasteiger partial charge < -0.3 is 5.32 Å². The van der Waals surface area contributed by atoms with Gasteiger partial charge in [0.15, 0.2) is 5.16 Å². The highest BCUT2D eigenvalue weighted by Gasteiger charge is 2.13. The number of hydrogen-bond acceptors (Lipinski definition) is 6. The van der Waals surface area contributed by atoms with Gasteiger partial charge in [-0.15, -0.1) is 0 Å². The van der Waals surface area contributed by atoms with Crippen LogP contribution in [0.3, 0.4) is 0 Å². The van der Waals surface area contributed by atoms with E-state index < -0.39 is 0 Å². The number of halogens is 1. The SMILES string of the molecule is CSc1ncc(C(=O)Nc2ccc(N=Nc3ccccc3)cc2)c(Cl)n1. The summed E-state index contributed by atoms with van der Waals surface area (Å²) < 4.78 is 0. The number of nitrogens with zero attached hydrogens (tertiary/aromatic N) is 4. The molecule has 1 N–H and O–H groups in total. The van der Waals surface area contributed by atoms with Crippen LogP contribution in [0.4, 0.5) is 17.1 Å². The minimum absolute atomic E-state index is 0.120. The quantitative estimate of drug-likeness (QED) is 0.272. The molecule has 0 fully saturated rings. The molecule has 0 saturated carbocycles. The molecule has 0 aliphatic rings. The Balaban J connectivity index is 1.67. The maximum Gasteiger partial charge on any atom is 0.260 e. The summed E-state index contributed by atoms with van der Waals surface area (Å²) in [6.07, 6.45) is 3.25. The molecule has 6 nitrogen and oxygen atoms in total. The van der Waals surface area contributed by atoms with Crippen LogP contribution in [0.25, 0.3) is 0 Å². The summed E-state index contributed by atoms with van der Waals surface area (Å²) in [6, 6.07) is 16.4. The first-order chi connectivity index (χ1) is 12.7. The van der Waals surface area contributed by atoms with Crippen LogP contribution < -0.4 is 5.32 Å². The average Bonchev–Trinajstić information content (AvgIpc) is 2.68. The molecule has 0 aliphatic heterocycles. The van der Waals surface area contributed by atoms with Crippen LogP contribution in [0.5, 0.6) is 0 Å². The van der Waals surface area contributed by atoms with Crippen molar-refractivity contribution in [3.05, 3.63) is 71.5 Å². The van der Waals surface area contributed by atoms with Gasteiger partial charge in [-0.2, -0.15) is 10.2 Å². The second-order valence-corrected chi connectivity index (χ2v) is 6.23. The van der Waals surface area contributed by atoms with Crippen LogP contribution in [0.1, 0.15) is 10.4 Å². The average molecular weight is 384 g/mol. The highest BCUT2D eigenvalue weighted by Crippen LogP contribution is 2.22. The van der Waals surface area contributed by atoms with Gasteiger partial charge >= 0.3 is 0 Å². The van der Waals surface area contributed by atoms with Crippen LogP contribution in [0, 0.1) is 0 Å². The minimum Gasteiger partial charge on any atom is -0.322 e. The van der Waals surface area contributed by atoms with E-state index in [1.807, 2.05) is 36.6 Å². The number of rotatable bonds is 5. The second-order valence-electron chi connectivity index (χ2n) is 5.10. The van der Waals surface area contributed by atoms with Gasteiger partial charge in [-0.05, 0) is 42.7 Å². The molecule has 0 radical (unpaired) electrons. The van der Waals surface area contributed by atoms with E-state index in [1.54, 1.807) is 24.3 Å². The van der Waals surface area contributed by atoms with E-state index in [1.165, 1.54) is 18.0 Å². The van der Waals surface area contributed by atoms with Crippen molar-refractivity contribution in [2.45, 2.75) is 5.16 Å². The zero-order valence-corrected chi connectivity index (χ0v) is 15.3. The van der Waals surface area contributed by atoms with Gasteiger partial charge in [-0.1, -0.05) is 41.6 Å². The van der Waals surface area contributed by atoms with Crippen molar-refractivity contribution in [2.24, 2.45) is 10.2 Å². The molecule has 0 spiro atoms. The third-order valence-electron chi connectivity index (χ3n) is 3.31. The van der Waals surface area contributed by atoms with Crippen LogP contribution in [-0.2, 0) is 0 Å². The maximum absolute atomic E-state index is 12.3. The van der Waals surface area contributed by atoms with Gasteiger partial charge in [0.25, 0.3) is 5.91 Å². The lowest BCUT2D eigenvalue weighted by molar-refractivity contribution is 0.102. The molecule has 0 atom stereocenters. The lowest BCUT2D eigenvalue weighted by Gasteiger charge is -2.06. The first-order valence-electron chi connectivity index (χ1n) is 7.60. The summed E-state index contributed by atoms with van der Waals surface area (Å²) >= 11 is 7.40. The van der Waals surface area contributed by atoms with Crippen molar-refractivity contribution >= 4 is 46.3 Å². The number of nitrogens with one attached hydrogen (secondary N) is 1. The molecule has 1 amide bonds. The topological polar surface area (TPSA) is 79.6 Å². The van der Waals surface area contributed by atoms with E-state index >= 15 is 0 Å². The van der Waals surface area contributed by atoms with Gasteiger partial charge in [0, 0.05) is 11.9 Å². The monoisotopic (exact) mass is 383 g/mol.